The Hall–Kier alpha value is -0.630. The van der Waals surface area contributed by atoms with Gasteiger partial charge >= 0.3 is 0 Å². The van der Waals surface area contributed by atoms with Gasteiger partial charge in [0.15, 0.2) is 0 Å². The van der Waals surface area contributed by atoms with E-state index in [-0.39, 0.29) is 13.2 Å². The fourth-order valence-electron chi connectivity index (χ4n) is 1.12. The standard InChI is InChI=1S/C9H18N2O2/c1-9(7-12,8-13)6-11(2)5-3-4-10/h12-13H,3,5-8H2,1-2H3. The maximum Gasteiger partial charge on any atom is 0.0635 e. The van der Waals surface area contributed by atoms with Crippen LogP contribution in [0.1, 0.15) is 13.3 Å². The van der Waals surface area contributed by atoms with Gasteiger partial charge < -0.3 is 15.1 Å². The van der Waals surface area contributed by atoms with Crippen molar-refractivity contribution in [2.24, 2.45) is 5.41 Å². The maximum atomic E-state index is 9.01. The molecule has 4 nitrogen and oxygen atoms in total. The van der Waals surface area contributed by atoms with Crippen molar-refractivity contribution in [3.05, 3.63) is 0 Å². The second-order valence-corrected chi connectivity index (χ2v) is 3.77. The average molecular weight is 186 g/mol. The van der Waals surface area contributed by atoms with Gasteiger partial charge in [0.2, 0.25) is 0 Å². The molecule has 0 saturated carbocycles. The van der Waals surface area contributed by atoms with Gasteiger partial charge in [-0.3, -0.25) is 0 Å². The third-order valence-corrected chi connectivity index (χ3v) is 2.02. The number of nitrogens with zero attached hydrogens (tertiary/aromatic N) is 2. The number of nitriles is 1. The summed E-state index contributed by atoms with van der Waals surface area (Å²) < 4.78 is 0. The van der Waals surface area contributed by atoms with E-state index in [0.717, 1.165) is 0 Å². The predicted octanol–water partition coefficient (Wildman–Crippen LogP) is -0.177. The summed E-state index contributed by atoms with van der Waals surface area (Å²) in [6, 6.07) is 2.05. The molecule has 0 amide bonds. The Morgan fingerprint density at radius 3 is 2.31 bits per heavy atom. The summed E-state index contributed by atoms with van der Waals surface area (Å²) >= 11 is 0. The Kier molecular flexibility index (Phi) is 5.63. The van der Waals surface area contributed by atoms with Crippen molar-refractivity contribution >= 4 is 0 Å². The van der Waals surface area contributed by atoms with Gasteiger partial charge in [0.05, 0.1) is 19.3 Å². The van der Waals surface area contributed by atoms with Crippen LogP contribution in [0.5, 0.6) is 0 Å². The van der Waals surface area contributed by atoms with Crippen molar-refractivity contribution in [2.45, 2.75) is 13.3 Å². The van der Waals surface area contributed by atoms with E-state index in [9.17, 15) is 0 Å². The molecule has 0 aliphatic rings. The highest BCUT2D eigenvalue weighted by Gasteiger charge is 2.23. The summed E-state index contributed by atoms with van der Waals surface area (Å²) in [5, 5.41) is 26.4. The van der Waals surface area contributed by atoms with Gasteiger partial charge in [-0.2, -0.15) is 5.26 Å². The summed E-state index contributed by atoms with van der Waals surface area (Å²) in [4.78, 5) is 1.94. The Balaban J connectivity index is 3.88. The SMILES string of the molecule is CN(CCC#N)CC(C)(CO)CO. The normalized spacial score (nSPS) is 11.7. The number of hydrogen-bond donors (Lipinski definition) is 2. The first kappa shape index (κ1) is 12.4. The van der Waals surface area contributed by atoms with Crippen LogP contribution in [0.15, 0.2) is 0 Å². The van der Waals surface area contributed by atoms with Crippen LogP contribution in [0, 0.1) is 16.7 Å². The monoisotopic (exact) mass is 186 g/mol. The van der Waals surface area contributed by atoms with Crippen LogP contribution < -0.4 is 0 Å². The molecular weight excluding hydrogens is 168 g/mol. The van der Waals surface area contributed by atoms with Crippen molar-refractivity contribution in [1.82, 2.24) is 4.90 Å². The lowest BCUT2D eigenvalue weighted by Gasteiger charge is -2.29. The Bertz CT molecular complexity index is 173. The van der Waals surface area contributed by atoms with E-state index in [4.69, 9.17) is 15.5 Å². The third kappa shape index (κ3) is 4.83. The van der Waals surface area contributed by atoms with E-state index < -0.39 is 5.41 Å². The van der Waals surface area contributed by atoms with Gasteiger partial charge in [0, 0.05) is 24.9 Å². The topological polar surface area (TPSA) is 67.5 Å². The Morgan fingerprint density at radius 2 is 1.92 bits per heavy atom. The highest BCUT2D eigenvalue weighted by Crippen LogP contribution is 2.15. The smallest absolute Gasteiger partial charge is 0.0635 e. The lowest BCUT2D eigenvalue weighted by molar-refractivity contribution is 0.0425. The maximum absolute atomic E-state index is 9.01. The number of hydrogen-bond acceptors (Lipinski definition) is 4. The van der Waals surface area contributed by atoms with Gasteiger partial charge in [0.1, 0.15) is 0 Å². The molecule has 0 spiro atoms. The second kappa shape index (κ2) is 5.92. The predicted molar refractivity (Wildman–Crippen MR) is 50.0 cm³/mol. The molecule has 0 aromatic rings. The molecule has 0 bridgehead atoms. The summed E-state index contributed by atoms with van der Waals surface area (Å²) in [7, 11) is 1.88. The summed E-state index contributed by atoms with van der Waals surface area (Å²) in [5.41, 5.74) is -0.468. The van der Waals surface area contributed by atoms with Gasteiger partial charge in [-0.1, -0.05) is 6.92 Å². The fraction of sp³-hybridized carbons (Fsp3) is 0.889. The first-order valence-electron chi connectivity index (χ1n) is 4.35. The second-order valence-electron chi connectivity index (χ2n) is 3.77. The van der Waals surface area contributed by atoms with E-state index >= 15 is 0 Å². The van der Waals surface area contributed by atoms with Crippen LogP contribution in [0.4, 0.5) is 0 Å². The van der Waals surface area contributed by atoms with Crippen LogP contribution in [0.3, 0.4) is 0 Å². The lowest BCUT2D eigenvalue weighted by Crippen LogP contribution is -2.39. The molecule has 0 aliphatic heterocycles. The summed E-state index contributed by atoms with van der Waals surface area (Å²) in [5.74, 6) is 0. The van der Waals surface area contributed by atoms with Crippen LogP contribution in [0.25, 0.3) is 0 Å². The zero-order valence-corrected chi connectivity index (χ0v) is 8.32. The molecule has 0 radical (unpaired) electrons. The molecule has 13 heavy (non-hydrogen) atoms. The van der Waals surface area contributed by atoms with Crippen molar-refractivity contribution in [3.8, 4) is 6.07 Å². The Morgan fingerprint density at radius 1 is 1.38 bits per heavy atom. The molecular formula is C9H18N2O2. The van der Waals surface area contributed by atoms with Crippen LogP contribution in [-0.4, -0.2) is 48.5 Å². The first-order valence-corrected chi connectivity index (χ1v) is 4.35. The fourth-order valence-corrected chi connectivity index (χ4v) is 1.12. The molecule has 2 N–H and O–H groups in total. The highest BCUT2D eigenvalue weighted by atomic mass is 16.3. The van der Waals surface area contributed by atoms with E-state index in [2.05, 4.69) is 6.07 Å². The van der Waals surface area contributed by atoms with Crippen LogP contribution in [-0.2, 0) is 0 Å². The molecule has 0 saturated heterocycles. The molecule has 0 aliphatic carbocycles. The van der Waals surface area contributed by atoms with E-state index in [1.54, 1.807) is 0 Å². The van der Waals surface area contributed by atoms with Crippen molar-refractivity contribution in [2.75, 3.05) is 33.4 Å². The van der Waals surface area contributed by atoms with Gasteiger partial charge in [0.25, 0.3) is 0 Å². The van der Waals surface area contributed by atoms with Gasteiger partial charge in [-0.05, 0) is 7.05 Å². The molecule has 4 heteroatoms. The Labute approximate surface area is 79.4 Å². The lowest BCUT2D eigenvalue weighted by atomic mass is 9.92. The van der Waals surface area contributed by atoms with E-state index in [1.807, 2.05) is 18.9 Å². The molecule has 0 aromatic heterocycles. The number of aliphatic hydroxyl groups excluding tert-OH is 2. The van der Waals surface area contributed by atoms with E-state index in [0.29, 0.717) is 19.5 Å². The molecule has 0 atom stereocenters. The van der Waals surface area contributed by atoms with Crippen LogP contribution >= 0.6 is 0 Å². The quantitative estimate of drug-likeness (QED) is 0.604. The molecule has 0 rings (SSSR count). The molecule has 0 aromatic carbocycles. The minimum absolute atomic E-state index is 0.0413. The zero-order chi connectivity index (χ0) is 10.3. The van der Waals surface area contributed by atoms with Crippen molar-refractivity contribution in [1.29, 1.82) is 5.26 Å². The molecule has 76 valence electrons. The molecule has 0 heterocycles. The molecule has 0 fully saturated rings. The van der Waals surface area contributed by atoms with Crippen molar-refractivity contribution in [3.63, 3.8) is 0 Å². The highest BCUT2D eigenvalue weighted by molar-refractivity contribution is 4.78. The largest absolute Gasteiger partial charge is 0.396 e. The van der Waals surface area contributed by atoms with Gasteiger partial charge in [-0.25, -0.2) is 0 Å². The zero-order valence-electron chi connectivity index (χ0n) is 8.32. The van der Waals surface area contributed by atoms with Crippen molar-refractivity contribution < 1.29 is 10.2 Å². The average Bonchev–Trinajstić information content (AvgIpc) is 2.14. The molecule has 0 unspecified atom stereocenters. The summed E-state index contributed by atoms with van der Waals surface area (Å²) in [6.45, 7) is 3.00. The number of aliphatic hydroxyl groups is 2. The van der Waals surface area contributed by atoms with Crippen LogP contribution in [0.2, 0.25) is 0 Å². The minimum Gasteiger partial charge on any atom is -0.396 e. The third-order valence-electron chi connectivity index (χ3n) is 2.02. The van der Waals surface area contributed by atoms with E-state index in [1.165, 1.54) is 0 Å². The first-order chi connectivity index (χ1) is 6.08. The number of rotatable bonds is 6. The summed E-state index contributed by atoms with van der Waals surface area (Å²) in [6.07, 6.45) is 0.476. The van der Waals surface area contributed by atoms with Gasteiger partial charge in [-0.15, -0.1) is 0 Å². The minimum atomic E-state index is -0.468.